The number of fused-ring (bicyclic) bond motifs is 1. The van der Waals surface area contributed by atoms with Crippen molar-refractivity contribution in [3.05, 3.63) is 64.6 Å². The molecule has 0 bridgehead atoms. The Kier molecular flexibility index (Phi) is 5.61. The number of phenols is 1. The average molecular weight is 419 g/mol. The molecule has 2 atom stereocenters. The van der Waals surface area contributed by atoms with Crippen molar-refractivity contribution in [1.29, 1.82) is 0 Å². The fourth-order valence-corrected chi connectivity index (χ4v) is 3.79. The smallest absolute Gasteiger partial charge is 0.311 e. The van der Waals surface area contributed by atoms with Gasteiger partial charge in [-0.05, 0) is 36.6 Å². The second-order valence-corrected chi connectivity index (χ2v) is 7.27. The number of nitrogens with zero attached hydrogens (tertiary/aromatic N) is 1. The Bertz CT molecular complexity index is 1170. The highest BCUT2D eigenvalue weighted by Gasteiger charge is 2.35. The summed E-state index contributed by atoms with van der Waals surface area (Å²) in [4.78, 5) is 25.2. The van der Waals surface area contributed by atoms with Crippen LogP contribution in [0.2, 0.25) is 0 Å². The lowest BCUT2D eigenvalue weighted by molar-refractivity contribution is -0.140. The largest absolute Gasteiger partial charge is 0.503 e. The first-order valence-electron chi connectivity index (χ1n) is 9.35. The first-order valence-corrected chi connectivity index (χ1v) is 9.35. The fraction of sp³-hybridized carbons (Fsp3) is 0.273. The highest BCUT2D eigenvalue weighted by Crippen LogP contribution is 2.41. The Morgan fingerprint density at radius 3 is 2.40 bits per heavy atom. The molecule has 0 radical (unpaired) electrons. The van der Waals surface area contributed by atoms with Gasteiger partial charge >= 0.3 is 5.97 Å². The van der Waals surface area contributed by atoms with Gasteiger partial charge in [0.15, 0.2) is 17.4 Å². The maximum Gasteiger partial charge on any atom is 0.311 e. The molecule has 3 aromatic rings. The van der Waals surface area contributed by atoms with E-state index in [2.05, 4.69) is 0 Å². The van der Waals surface area contributed by atoms with Crippen LogP contribution in [0.3, 0.4) is 0 Å². The van der Waals surface area contributed by atoms with Crippen molar-refractivity contribution in [3.63, 3.8) is 0 Å². The minimum atomic E-state index is -1.34. The van der Waals surface area contributed by atoms with Crippen molar-refractivity contribution in [2.45, 2.75) is 33.1 Å². The molecule has 158 valence electrons. The zero-order chi connectivity index (χ0) is 22.3. The lowest BCUT2D eigenvalue weighted by atomic mass is 9.84. The number of hydrogen-bond donors (Lipinski definition) is 2. The summed E-state index contributed by atoms with van der Waals surface area (Å²) < 4.78 is 43.7. The van der Waals surface area contributed by atoms with E-state index in [1.54, 1.807) is 13.8 Å². The predicted molar refractivity (Wildman–Crippen MR) is 104 cm³/mol. The topological polar surface area (TPSA) is 79.5 Å². The van der Waals surface area contributed by atoms with Crippen LogP contribution in [0.5, 0.6) is 5.75 Å². The van der Waals surface area contributed by atoms with Crippen LogP contribution in [0.1, 0.15) is 47.8 Å². The molecular weight excluding hydrogens is 399 g/mol. The van der Waals surface area contributed by atoms with Gasteiger partial charge in [0.2, 0.25) is 0 Å². The third-order valence-corrected chi connectivity index (χ3v) is 5.47. The summed E-state index contributed by atoms with van der Waals surface area (Å²) in [6, 6.07) is 5.55. The van der Waals surface area contributed by atoms with Gasteiger partial charge in [-0.2, -0.15) is 0 Å². The summed E-state index contributed by atoms with van der Waals surface area (Å²) in [5.74, 6) is -8.25. The molecule has 2 aromatic carbocycles. The number of carbonyl (C=O) groups is 2. The van der Waals surface area contributed by atoms with Gasteiger partial charge in [-0.1, -0.05) is 26.3 Å². The van der Waals surface area contributed by atoms with Gasteiger partial charge in [0.1, 0.15) is 5.82 Å². The van der Waals surface area contributed by atoms with E-state index in [9.17, 15) is 33.0 Å². The van der Waals surface area contributed by atoms with Crippen molar-refractivity contribution in [2.75, 3.05) is 0 Å². The van der Waals surface area contributed by atoms with Gasteiger partial charge < -0.3 is 10.2 Å². The van der Waals surface area contributed by atoms with Crippen molar-refractivity contribution < 1.29 is 33.0 Å². The van der Waals surface area contributed by atoms with Crippen LogP contribution in [0.4, 0.5) is 13.2 Å². The van der Waals surface area contributed by atoms with Crippen molar-refractivity contribution in [3.8, 4) is 5.75 Å². The molecular formula is C22H20F3NO4. The van der Waals surface area contributed by atoms with Gasteiger partial charge in [0.25, 0.3) is 5.91 Å². The second-order valence-electron chi connectivity index (χ2n) is 7.27. The van der Waals surface area contributed by atoms with E-state index in [-0.39, 0.29) is 27.7 Å². The molecule has 30 heavy (non-hydrogen) atoms. The summed E-state index contributed by atoms with van der Waals surface area (Å²) >= 11 is 0. The third kappa shape index (κ3) is 3.32. The van der Waals surface area contributed by atoms with Crippen LogP contribution in [0.25, 0.3) is 10.9 Å². The molecule has 5 nitrogen and oxygen atoms in total. The summed E-state index contributed by atoms with van der Waals surface area (Å²) in [6.07, 6.45) is 0.440. The fourth-order valence-electron chi connectivity index (χ4n) is 3.79. The number of carboxylic acids is 1. The van der Waals surface area contributed by atoms with E-state index in [1.165, 1.54) is 19.1 Å². The molecule has 0 aliphatic carbocycles. The minimum Gasteiger partial charge on any atom is -0.503 e. The first kappa shape index (κ1) is 21.4. The molecule has 0 aliphatic heterocycles. The molecule has 0 fully saturated rings. The van der Waals surface area contributed by atoms with E-state index in [0.717, 1.165) is 22.8 Å². The quantitative estimate of drug-likeness (QED) is 0.612. The van der Waals surface area contributed by atoms with Gasteiger partial charge in [-0.3, -0.25) is 14.2 Å². The van der Waals surface area contributed by atoms with Crippen molar-refractivity contribution >= 4 is 22.8 Å². The zero-order valence-electron chi connectivity index (χ0n) is 16.5. The van der Waals surface area contributed by atoms with E-state index in [4.69, 9.17) is 0 Å². The number of aromatic nitrogens is 1. The van der Waals surface area contributed by atoms with E-state index >= 15 is 0 Å². The maximum atomic E-state index is 15.0. The SMILES string of the molecule is CCC(C)C(C(=O)O)c1c(C)n(C(=O)c2cccc(F)c2)c2cc(F)c(O)c(F)c12. The lowest BCUT2D eigenvalue weighted by Gasteiger charge is -2.20. The minimum absolute atomic E-state index is 0.0237. The Morgan fingerprint density at radius 2 is 1.83 bits per heavy atom. The normalized spacial score (nSPS) is 13.4. The molecule has 0 spiro atoms. The highest BCUT2D eigenvalue weighted by atomic mass is 19.1. The van der Waals surface area contributed by atoms with Crippen LogP contribution >= 0.6 is 0 Å². The maximum absolute atomic E-state index is 15.0. The Morgan fingerprint density at radius 1 is 1.17 bits per heavy atom. The molecule has 3 rings (SSSR count). The number of benzene rings is 2. The Balaban J connectivity index is 2.44. The van der Waals surface area contributed by atoms with Gasteiger partial charge in [-0.15, -0.1) is 0 Å². The van der Waals surface area contributed by atoms with Crippen LogP contribution in [-0.4, -0.2) is 26.7 Å². The van der Waals surface area contributed by atoms with E-state index in [0.29, 0.717) is 6.42 Å². The zero-order valence-corrected chi connectivity index (χ0v) is 16.5. The second kappa shape index (κ2) is 7.85. The molecule has 1 aromatic heterocycles. The van der Waals surface area contributed by atoms with Crippen LogP contribution in [0.15, 0.2) is 30.3 Å². The van der Waals surface area contributed by atoms with E-state index < -0.39 is 46.9 Å². The summed E-state index contributed by atoms with van der Waals surface area (Å²) in [5.41, 5.74) is -0.259. The van der Waals surface area contributed by atoms with Crippen LogP contribution in [0, 0.1) is 30.3 Å². The lowest BCUT2D eigenvalue weighted by Crippen LogP contribution is -2.21. The predicted octanol–water partition coefficient (Wildman–Crippen LogP) is 4.98. The number of carbonyl (C=O) groups excluding carboxylic acids is 1. The van der Waals surface area contributed by atoms with Gasteiger partial charge in [0.05, 0.1) is 11.4 Å². The monoisotopic (exact) mass is 419 g/mol. The summed E-state index contributed by atoms with van der Waals surface area (Å²) in [7, 11) is 0. The molecule has 0 saturated carbocycles. The average Bonchev–Trinajstić information content (AvgIpc) is 2.97. The number of aromatic hydroxyl groups is 1. The van der Waals surface area contributed by atoms with Crippen LogP contribution < -0.4 is 0 Å². The van der Waals surface area contributed by atoms with Gasteiger partial charge in [-0.25, -0.2) is 13.2 Å². The molecule has 0 aliphatic rings. The number of phenolic OH excluding ortho intramolecular Hbond substituents is 1. The molecule has 1 heterocycles. The summed E-state index contributed by atoms with van der Waals surface area (Å²) in [6.45, 7) is 4.84. The molecule has 2 N–H and O–H groups in total. The molecule has 0 amide bonds. The standard InChI is InChI=1S/C22H20F3NO4/c1-4-10(2)16(22(29)30)17-11(3)26(21(28)12-6-5-7-13(23)8-12)15-9-14(24)20(27)19(25)18(15)17/h5-10,16,27H,4H2,1-3H3,(H,29,30). The van der Waals surface area contributed by atoms with Crippen molar-refractivity contribution in [1.82, 2.24) is 4.57 Å². The number of halogens is 3. The number of aliphatic carboxylic acids is 1. The van der Waals surface area contributed by atoms with E-state index in [1.807, 2.05) is 0 Å². The van der Waals surface area contributed by atoms with Gasteiger partial charge in [0, 0.05) is 22.7 Å². The van der Waals surface area contributed by atoms with Crippen LogP contribution in [-0.2, 0) is 4.79 Å². The first-order chi connectivity index (χ1) is 14.1. The number of rotatable bonds is 5. The Labute approximate surface area is 170 Å². The molecule has 8 heteroatoms. The third-order valence-electron chi connectivity index (χ3n) is 5.47. The Hall–Kier alpha value is -3.29. The summed E-state index contributed by atoms with van der Waals surface area (Å²) in [5, 5.41) is 19.3. The highest BCUT2D eigenvalue weighted by molar-refractivity contribution is 6.05. The number of hydrogen-bond acceptors (Lipinski definition) is 3. The molecule has 2 unspecified atom stereocenters. The number of carboxylic acid groups (broad SMARTS) is 1. The van der Waals surface area contributed by atoms with Crippen molar-refractivity contribution in [2.24, 2.45) is 5.92 Å². The molecule has 0 saturated heterocycles.